The molecule has 3 rings (SSSR count). The van der Waals surface area contributed by atoms with Gasteiger partial charge in [0, 0.05) is 23.9 Å². The average Bonchev–Trinajstić information content (AvgIpc) is 3.14. The lowest BCUT2D eigenvalue weighted by Crippen LogP contribution is -2.41. The van der Waals surface area contributed by atoms with Gasteiger partial charge in [-0.15, -0.1) is 11.3 Å². The van der Waals surface area contributed by atoms with Gasteiger partial charge in [0.1, 0.15) is 0 Å². The fourth-order valence-electron chi connectivity index (χ4n) is 3.29. The van der Waals surface area contributed by atoms with Gasteiger partial charge < -0.3 is 9.33 Å². The summed E-state index contributed by atoms with van der Waals surface area (Å²) in [5.41, 5.74) is 0. The molecule has 0 saturated carbocycles. The van der Waals surface area contributed by atoms with Gasteiger partial charge in [-0.05, 0) is 55.6 Å². The molecule has 0 unspecified atom stereocenters. The lowest BCUT2D eigenvalue weighted by atomic mass is 9.99. The largest absolute Gasteiger partial charge is 0.546 e. The maximum Gasteiger partial charge on any atom is 0.263 e. The van der Waals surface area contributed by atoms with Gasteiger partial charge in [0.25, 0.3) is 5.91 Å². The normalized spacial score (nSPS) is 24.1. The van der Waals surface area contributed by atoms with E-state index in [1.54, 1.807) is 11.3 Å². The molecule has 1 fully saturated rings. The number of hydrogen-bond donors (Lipinski definition) is 0. The summed E-state index contributed by atoms with van der Waals surface area (Å²) in [5.74, 6) is 2.28. The smallest absolute Gasteiger partial charge is 0.263 e. The molecule has 3 nitrogen and oxygen atoms in total. The zero-order valence-corrected chi connectivity index (χ0v) is 17.5. The Balaban J connectivity index is 1.69. The number of thiophene rings is 1. The Kier molecular flexibility index (Phi) is 4.45. The first-order chi connectivity index (χ1) is 11.1. The highest BCUT2D eigenvalue weighted by atomic mass is 32.1. The average molecular weight is 364 g/mol. The van der Waals surface area contributed by atoms with Crippen molar-refractivity contribution in [3.63, 3.8) is 0 Å². The molecule has 0 N–H and O–H groups in total. The molecule has 1 amide bonds. The van der Waals surface area contributed by atoms with Gasteiger partial charge in [-0.25, -0.2) is 0 Å². The van der Waals surface area contributed by atoms with Gasteiger partial charge in [0.15, 0.2) is 0 Å². The Morgan fingerprint density at radius 3 is 2.58 bits per heavy atom. The minimum absolute atomic E-state index is 0.189. The Bertz CT molecular complexity index is 671. The van der Waals surface area contributed by atoms with E-state index in [9.17, 15) is 4.79 Å². The Morgan fingerprint density at radius 1 is 1.29 bits per heavy atom. The summed E-state index contributed by atoms with van der Waals surface area (Å²) < 4.78 is 6.58. The van der Waals surface area contributed by atoms with Crippen molar-refractivity contribution in [2.45, 2.75) is 52.2 Å². The predicted octanol–water partition coefficient (Wildman–Crippen LogP) is 5.05. The summed E-state index contributed by atoms with van der Waals surface area (Å²) in [4.78, 5) is 16.8. The number of carbonyl (C=O) groups is 1. The number of likely N-dealkylation sites (tertiary alicyclic amines) is 1. The fourth-order valence-corrected chi connectivity index (χ4v) is 5.25. The highest BCUT2D eigenvalue weighted by molar-refractivity contribution is 7.13. The third-order valence-corrected chi connectivity index (χ3v) is 11.2. The molecular formula is C19H29NO2SSi. The maximum absolute atomic E-state index is 12.7. The van der Waals surface area contributed by atoms with Crippen LogP contribution in [-0.4, -0.2) is 32.2 Å². The Morgan fingerprint density at radius 2 is 2.00 bits per heavy atom. The van der Waals surface area contributed by atoms with Crippen LogP contribution in [0.15, 0.2) is 24.0 Å². The minimum atomic E-state index is -1.81. The summed E-state index contributed by atoms with van der Waals surface area (Å²) in [5, 5.41) is 0.203. The van der Waals surface area contributed by atoms with Crippen LogP contribution in [0.1, 0.15) is 41.7 Å². The van der Waals surface area contributed by atoms with Gasteiger partial charge in [0.05, 0.1) is 10.6 Å². The van der Waals surface area contributed by atoms with Gasteiger partial charge in [-0.2, -0.15) is 0 Å². The molecule has 132 valence electrons. The van der Waals surface area contributed by atoms with Crippen molar-refractivity contribution in [2.24, 2.45) is 11.8 Å². The van der Waals surface area contributed by atoms with E-state index in [0.717, 1.165) is 30.1 Å². The summed E-state index contributed by atoms with van der Waals surface area (Å²) in [6.07, 6.45) is 3.33. The van der Waals surface area contributed by atoms with Crippen LogP contribution < -0.4 is 0 Å². The molecule has 0 radical (unpaired) electrons. The first-order valence-electron chi connectivity index (χ1n) is 8.83. The Labute approximate surface area is 150 Å². The molecule has 1 aromatic rings. The zero-order valence-electron chi connectivity index (χ0n) is 15.7. The third-order valence-electron chi connectivity index (χ3n) is 5.85. The second kappa shape index (κ2) is 6.02. The van der Waals surface area contributed by atoms with E-state index < -0.39 is 8.32 Å². The number of nitrogens with zero attached hydrogens (tertiary/aromatic N) is 1. The Hall–Kier alpha value is -1.07. The van der Waals surface area contributed by atoms with E-state index in [-0.39, 0.29) is 10.9 Å². The van der Waals surface area contributed by atoms with Crippen molar-refractivity contribution in [1.29, 1.82) is 0 Å². The van der Waals surface area contributed by atoms with E-state index in [0.29, 0.717) is 11.8 Å². The van der Waals surface area contributed by atoms with E-state index in [1.807, 2.05) is 24.0 Å². The van der Waals surface area contributed by atoms with Crippen LogP contribution in [0.25, 0.3) is 0 Å². The second-order valence-corrected chi connectivity index (χ2v) is 14.7. The van der Waals surface area contributed by atoms with Crippen LogP contribution in [-0.2, 0) is 4.43 Å². The molecule has 1 aliphatic carbocycles. The van der Waals surface area contributed by atoms with Gasteiger partial charge in [-0.1, -0.05) is 20.8 Å². The number of hydrogen-bond acceptors (Lipinski definition) is 3. The van der Waals surface area contributed by atoms with Crippen molar-refractivity contribution in [1.82, 2.24) is 4.90 Å². The number of rotatable bonds is 3. The van der Waals surface area contributed by atoms with E-state index in [1.165, 1.54) is 4.88 Å². The highest BCUT2D eigenvalue weighted by Gasteiger charge is 2.45. The lowest BCUT2D eigenvalue weighted by Gasteiger charge is -2.38. The standard InChI is InChI=1S/C19H29NO2SSi/c1-13-7-10-17(23-13)18(21)20-11-14-8-9-16(15(14)12-20)22-24(5,6)19(2,3)4/h7,9-10,14-15H,8,11-12H2,1-6H3/t14-,15+/m0/s1. The van der Waals surface area contributed by atoms with Crippen LogP contribution in [0.5, 0.6) is 0 Å². The van der Waals surface area contributed by atoms with Crippen molar-refractivity contribution >= 4 is 25.6 Å². The molecule has 1 saturated heterocycles. The fraction of sp³-hybridized carbons (Fsp3) is 0.632. The maximum atomic E-state index is 12.7. The molecule has 1 aliphatic heterocycles. The minimum Gasteiger partial charge on any atom is -0.546 e. The van der Waals surface area contributed by atoms with Crippen LogP contribution in [0.3, 0.4) is 0 Å². The summed E-state index contributed by atoms with van der Waals surface area (Å²) in [7, 11) is -1.81. The number of allylic oxidation sites excluding steroid dienone is 1. The van der Waals surface area contributed by atoms with Crippen LogP contribution >= 0.6 is 11.3 Å². The molecule has 2 heterocycles. The van der Waals surface area contributed by atoms with Gasteiger partial charge >= 0.3 is 0 Å². The molecule has 5 heteroatoms. The summed E-state index contributed by atoms with van der Waals surface area (Å²) in [6, 6.07) is 3.99. The van der Waals surface area contributed by atoms with Crippen LogP contribution in [0.2, 0.25) is 18.1 Å². The molecule has 1 aromatic heterocycles. The van der Waals surface area contributed by atoms with Crippen molar-refractivity contribution in [2.75, 3.05) is 13.1 Å². The highest BCUT2D eigenvalue weighted by Crippen LogP contribution is 2.44. The van der Waals surface area contributed by atoms with E-state index >= 15 is 0 Å². The second-order valence-electron chi connectivity index (χ2n) is 8.69. The lowest BCUT2D eigenvalue weighted by molar-refractivity contribution is 0.0787. The van der Waals surface area contributed by atoms with Crippen molar-refractivity contribution in [3.8, 4) is 0 Å². The number of aryl methyl sites for hydroxylation is 1. The van der Waals surface area contributed by atoms with E-state index in [4.69, 9.17) is 4.43 Å². The number of amides is 1. The van der Waals surface area contributed by atoms with Gasteiger partial charge in [-0.3, -0.25) is 4.79 Å². The van der Waals surface area contributed by atoms with Crippen LogP contribution in [0, 0.1) is 18.8 Å². The van der Waals surface area contributed by atoms with Crippen LogP contribution in [0.4, 0.5) is 0 Å². The molecule has 0 spiro atoms. The SMILES string of the molecule is Cc1ccc(C(=O)N2C[C@@H]3CC=C(O[Si](C)(C)C(C)(C)C)[C@@H]3C2)s1. The number of fused-ring (bicyclic) bond motifs is 1. The van der Waals surface area contributed by atoms with E-state index in [2.05, 4.69) is 39.9 Å². The monoisotopic (exact) mass is 363 g/mol. The quantitative estimate of drug-likeness (QED) is 0.703. The molecule has 24 heavy (non-hydrogen) atoms. The number of carbonyl (C=O) groups excluding carboxylic acids is 1. The zero-order chi connectivity index (χ0) is 17.7. The van der Waals surface area contributed by atoms with Crippen molar-refractivity contribution < 1.29 is 9.22 Å². The van der Waals surface area contributed by atoms with Crippen molar-refractivity contribution in [3.05, 3.63) is 33.7 Å². The topological polar surface area (TPSA) is 29.5 Å². The molecule has 0 bridgehead atoms. The predicted molar refractivity (Wildman–Crippen MR) is 103 cm³/mol. The summed E-state index contributed by atoms with van der Waals surface area (Å²) >= 11 is 1.59. The summed E-state index contributed by atoms with van der Waals surface area (Å²) in [6.45, 7) is 15.1. The molecule has 2 aliphatic rings. The molecule has 2 atom stereocenters. The first-order valence-corrected chi connectivity index (χ1v) is 12.6. The third kappa shape index (κ3) is 3.20. The molecule has 0 aromatic carbocycles. The first kappa shape index (κ1) is 17.7. The van der Waals surface area contributed by atoms with Gasteiger partial charge in [0.2, 0.25) is 8.32 Å². The molecular weight excluding hydrogens is 334 g/mol.